The third-order valence-corrected chi connectivity index (χ3v) is 4.43. The maximum atomic E-state index is 11.8. The number of rotatable bonds is 16. The lowest BCUT2D eigenvalue weighted by molar-refractivity contribution is -0.166. The minimum Gasteiger partial charge on any atom is -0.466 e. The molecule has 29 heavy (non-hydrogen) atoms. The number of ether oxygens (including phenoxy) is 5. The molecule has 1 saturated heterocycles. The van der Waals surface area contributed by atoms with Crippen molar-refractivity contribution < 1.29 is 38.1 Å². The Balaban J connectivity index is 1.84. The van der Waals surface area contributed by atoms with Gasteiger partial charge in [0, 0.05) is 26.1 Å². The highest BCUT2D eigenvalue weighted by atomic mass is 16.7. The van der Waals surface area contributed by atoms with Crippen molar-refractivity contribution in [3.8, 4) is 0 Å². The number of hydrogen-bond donors (Lipinski definition) is 0. The number of hydrogen-bond acceptors (Lipinski definition) is 8. The Morgan fingerprint density at radius 2 is 1.45 bits per heavy atom. The number of carbonyl (C=O) groups excluding carboxylic acids is 3. The fraction of sp³-hybridized carbons (Fsp3) is 0.857. The molecule has 0 bridgehead atoms. The molecule has 1 fully saturated rings. The maximum Gasteiger partial charge on any atom is 0.306 e. The van der Waals surface area contributed by atoms with Crippen LogP contribution in [0.5, 0.6) is 0 Å². The molecule has 0 aromatic rings. The van der Waals surface area contributed by atoms with Crippen LogP contribution >= 0.6 is 0 Å². The Morgan fingerprint density at radius 1 is 0.897 bits per heavy atom. The largest absolute Gasteiger partial charge is 0.466 e. The highest BCUT2D eigenvalue weighted by Gasteiger charge is 2.35. The van der Waals surface area contributed by atoms with Crippen molar-refractivity contribution in [2.45, 2.75) is 84.0 Å². The zero-order valence-corrected chi connectivity index (χ0v) is 18.0. The van der Waals surface area contributed by atoms with Gasteiger partial charge in [-0.2, -0.15) is 0 Å². The van der Waals surface area contributed by atoms with E-state index in [0.29, 0.717) is 39.5 Å². The van der Waals surface area contributed by atoms with Gasteiger partial charge in [-0.1, -0.05) is 0 Å². The first-order valence-corrected chi connectivity index (χ1v) is 10.5. The molecule has 0 N–H and O–H groups in total. The summed E-state index contributed by atoms with van der Waals surface area (Å²) < 4.78 is 27.0. The fourth-order valence-electron chi connectivity index (χ4n) is 2.76. The molecule has 1 heterocycles. The van der Waals surface area contributed by atoms with Gasteiger partial charge < -0.3 is 28.5 Å². The van der Waals surface area contributed by atoms with E-state index in [2.05, 4.69) is 0 Å². The molecular weight excluding hydrogens is 380 g/mol. The van der Waals surface area contributed by atoms with E-state index >= 15 is 0 Å². The topological polar surface area (TPSA) is 97.4 Å². The first-order chi connectivity index (χ1) is 13.8. The van der Waals surface area contributed by atoms with E-state index in [1.807, 2.05) is 13.8 Å². The summed E-state index contributed by atoms with van der Waals surface area (Å²) >= 11 is 0. The lowest BCUT2D eigenvalue weighted by Crippen LogP contribution is -2.27. The van der Waals surface area contributed by atoms with Crippen molar-refractivity contribution in [3.05, 3.63) is 0 Å². The van der Waals surface area contributed by atoms with Gasteiger partial charge in [0.2, 0.25) is 0 Å². The van der Waals surface area contributed by atoms with Crippen molar-refractivity contribution in [3.63, 3.8) is 0 Å². The number of esters is 2. The Hall–Kier alpha value is -1.51. The van der Waals surface area contributed by atoms with Gasteiger partial charge in [0.05, 0.1) is 38.8 Å². The monoisotopic (exact) mass is 416 g/mol. The minimum atomic E-state index is -0.681. The van der Waals surface area contributed by atoms with Crippen molar-refractivity contribution >= 4 is 17.7 Å². The quantitative estimate of drug-likeness (QED) is 0.280. The lowest BCUT2D eigenvalue weighted by atomic mass is 10.2. The molecule has 8 heteroatoms. The van der Waals surface area contributed by atoms with Gasteiger partial charge in [0.15, 0.2) is 5.79 Å². The van der Waals surface area contributed by atoms with Crippen LogP contribution in [0.4, 0.5) is 0 Å². The maximum absolute atomic E-state index is 11.8. The Bertz CT molecular complexity index is 507. The first-order valence-electron chi connectivity index (χ1n) is 10.5. The molecule has 168 valence electrons. The van der Waals surface area contributed by atoms with Crippen LogP contribution in [-0.2, 0) is 38.1 Å². The third kappa shape index (κ3) is 13.4. The summed E-state index contributed by atoms with van der Waals surface area (Å²) in [7, 11) is 0. The molecule has 0 amide bonds. The van der Waals surface area contributed by atoms with E-state index in [-0.39, 0.29) is 43.1 Å². The Labute approximate surface area is 173 Å². The van der Waals surface area contributed by atoms with E-state index in [1.54, 1.807) is 0 Å². The van der Waals surface area contributed by atoms with Gasteiger partial charge >= 0.3 is 11.9 Å². The summed E-state index contributed by atoms with van der Waals surface area (Å²) in [5, 5.41) is 0. The molecule has 0 radical (unpaired) electrons. The molecule has 1 aliphatic rings. The van der Waals surface area contributed by atoms with Crippen LogP contribution in [0.2, 0.25) is 0 Å². The predicted molar refractivity (Wildman–Crippen MR) is 105 cm³/mol. The zero-order valence-electron chi connectivity index (χ0n) is 18.0. The van der Waals surface area contributed by atoms with Crippen LogP contribution in [-0.4, -0.2) is 62.6 Å². The van der Waals surface area contributed by atoms with E-state index in [9.17, 15) is 14.4 Å². The van der Waals surface area contributed by atoms with Crippen LogP contribution < -0.4 is 0 Å². The van der Waals surface area contributed by atoms with Crippen molar-refractivity contribution in [1.82, 2.24) is 0 Å². The molecule has 0 spiro atoms. The van der Waals surface area contributed by atoms with E-state index in [4.69, 9.17) is 23.7 Å². The fourth-order valence-corrected chi connectivity index (χ4v) is 2.76. The summed E-state index contributed by atoms with van der Waals surface area (Å²) in [6, 6.07) is 0. The first kappa shape index (κ1) is 25.5. The number of ketones is 1. The summed E-state index contributed by atoms with van der Waals surface area (Å²) in [6.45, 7) is 7.74. The molecule has 0 aromatic carbocycles. The number of Topliss-reactive ketones (excluding diaryl/α,β-unsaturated/α-hetero) is 1. The molecule has 2 unspecified atom stereocenters. The minimum absolute atomic E-state index is 0.0117. The van der Waals surface area contributed by atoms with Gasteiger partial charge in [-0.3, -0.25) is 9.59 Å². The van der Waals surface area contributed by atoms with Gasteiger partial charge in [0.25, 0.3) is 0 Å². The van der Waals surface area contributed by atoms with Gasteiger partial charge in [0.1, 0.15) is 5.78 Å². The smallest absolute Gasteiger partial charge is 0.306 e. The summed E-state index contributed by atoms with van der Waals surface area (Å²) in [6.07, 6.45) is 4.31. The highest BCUT2D eigenvalue weighted by Crippen LogP contribution is 2.27. The lowest BCUT2D eigenvalue weighted by Gasteiger charge is -2.22. The molecule has 2 atom stereocenters. The van der Waals surface area contributed by atoms with Gasteiger partial charge in [-0.05, 0) is 46.5 Å². The van der Waals surface area contributed by atoms with Crippen molar-refractivity contribution in [2.75, 3.05) is 33.0 Å². The molecule has 8 nitrogen and oxygen atoms in total. The van der Waals surface area contributed by atoms with Crippen LogP contribution in [0.3, 0.4) is 0 Å². The van der Waals surface area contributed by atoms with Crippen LogP contribution in [0.1, 0.15) is 72.1 Å². The second kappa shape index (κ2) is 14.5. The van der Waals surface area contributed by atoms with Gasteiger partial charge in [-0.15, -0.1) is 0 Å². The molecule has 0 aromatic heterocycles. The Kier molecular flexibility index (Phi) is 12.7. The average Bonchev–Trinajstić information content (AvgIpc) is 3.02. The summed E-state index contributed by atoms with van der Waals surface area (Å²) in [4.78, 5) is 33.8. The summed E-state index contributed by atoms with van der Waals surface area (Å²) in [5.41, 5.74) is 0. The standard InChI is InChI=1S/C21H36O8/c1-17(22)8-9-19(23)26-14-6-4-12-25-13-5-7-15-27-20(24)10-11-21(3)28-16-18(2)29-21/h18H,4-16H2,1-3H3. The van der Waals surface area contributed by atoms with E-state index < -0.39 is 5.79 Å². The highest BCUT2D eigenvalue weighted by molar-refractivity contribution is 5.80. The number of unbranched alkanes of at least 4 members (excludes halogenated alkanes) is 2. The second-order valence-corrected chi connectivity index (χ2v) is 7.54. The SMILES string of the molecule is CC(=O)CCC(=O)OCCCCOCCCCOC(=O)CCC1(C)OCC(C)O1. The predicted octanol–water partition coefficient (Wildman–Crippen LogP) is 2.95. The van der Waals surface area contributed by atoms with E-state index in [1.165, 1.54) is 6.92 Å². The van der Waals surface area contributed by atoms with E-state index in [0.717, 1.165) is 25.7 Å². The molecule has 1 rings (SSSR count). The zero-order chi connectivity index (χ0) is 21.5. The number of carbonyl (C=O) groups is 3. The average molecular weight is 417 g/mol. The van der Waals surface area contributed by atoms with Crippen LogP contribution in [0.25, 0.3) is 0 Å². The Morgan fingerprint density at radius 3 is 1.97 bits per heavy atom. The molecule has 0 aliphatic carbocycles. The second-order valence-electron chi connectivity index (χ2n) is 7.54. The van der Waals surface area contributed by atoms with Crippen LogP contribution in [0, 0.1) is 0 Å². The molecule has 0 saturated carbocycles. The van der Waals surface area contributed by atoms with Gasteiger partial charge in [-0.25, -0.2) is 0 Å². The van der Waals surface area contributed by atoms with Crippen molar-refractivity contribution in [1.29, 1.82) is 0 Å². The molecular formula is C21H36O8. The van der Waals surface area contributed by atoms with Crippen molar-refractivity contribution in [2.24, 2.45) is 0 Å². The molecule has 1 aliphatic heterocycles. The van der Waals surface area contributed by atoms with Crippen LogP contribution in [0.15, 0.2) is 0 Å². The normalized spacial score (nSPS) is 21.1. The third-order valence-electron chi connectivity index (χ3n) is 4.43. The summed E-state index contributed by atoms with van der Waals surface area (Å²) in [5.74, 6) is -1.26.